The van der Waals surface area contributed by atoms with E-state index in [-0.39, 0.29) is 6.03 Å². The van der Waals surface area contributed by atoms with E-state index in [9.17, 15) is 4.79 Å². The van der Waals surface area contributed by atoms with Crippen LogP contribution in [0, 0.1) is 0 Å². The maximum absolute atomic E-state index is 12.2. The van der Waals surface area contributed by atoms with Crippen LogP contribution in [-0.2, 0) is 0 Å². The lowest BCUT2D eigenvalue weighted by Gasteiger charge is -2.32. The number of likely N-dealkylation sites (N-methyl/N-ethyl adjacent to an activating group) is 1. The van der Waals surface area contributed by atoms with Gasteiger partial charge in [0.15, 0.2) is 0 Å². The van der Waals surface area contributed by atoms with Crippen molar-refractivity contribution in [3.05, 3.63) is 30.6 Å². The van der Waals surface area contributed by atoms with E-state index in [2.05, 4.69) is 27.2 Å². The third-order valence-corrected chi connectivity index (χ3v) is 3.52. The molecule has 0 aliphatic carbocycles. The number of carbonyl (C=O) groups is 1. The standard InChI is InChI=1S/C14H17N5O/c1-18-6-8-19(9-7-18)14(20)17-13-3-2-11-10-15-5-4-12(11)16-13/h2-5,10H,6-9H2,1H3,(H,16,17,20). The van der Waals surface area contributed by atoms with E-state index >= 15 is 0 Å². The molecule has 2 amide bonds. The van der Waals surface area contributed by atoms with Crippen LogP contribution < -0.4 is 5.32 Å². The average Bonchev–Trinajstić information content (AvgIpc) is 2.48. The molecule has 0 spiro atoms. The lowest BCUT2D eigenvalue weighted by molar-refractivity contribution is 0.164. The monoisotopic (exact) mass is 271 g/mol. The molecule has 6 nitrogen and oxygen atoms in total. The lowest BCUT2D eigenvalue weighted by atomic mass is 10.3. The van der Waals surface area contributed by atoms with Crippen LogP contribution in [0.3, 0.4) is 0 Å². The average molecular weight is 271 g/mol. The fourth-order valence-corrected chi connectivity index (χ4v) is 2.23. The lowest BCUT2D eigenvalue weighted by Crippen LogP contribution is -2.48. The second kappa shape index (κ2) is 5.42. The Morgan fingerprint density at radius 1 is 1.20 bits per heavy atom. The number of anilines is 1. The summed E-state index contributed by atoms with van der Waals surface area (Å²) in [6, 6.07) is 5.47. The van der Waals surface area contributed by atoms with Gasteiger partial charge in [0.1, 0.15) is 5.82 Å². The van der Waals surface area contributed by atoms with Crippen LogP contribution in [0.25, 0.3) is 10.9 Å². The first-order valence-electron chi connectivity index (χ1n) is 6.67. The summed E-state index contributed by atoms with van der Waals surface area (Å²) < 4.78 is 0. The minimum absolute atomic E-state index is 0.0843. The number of carbonyl (C=O) groups excluding carboxylic acids is 1. The highest BCUT2D eigenvalue weighted by molar-refractivity contribution is 5.90. The summed E-state index contributed by atoms with van der Waals surface area (Å²) in [4.78, 5) is 24.6. The predicted molar refractivity (Wildman–Crippen MR) is 77.6 cm³/mol. The number of nitrogens with one attached hydrogen (secondary N) is 1. The Kier molecular flexibility index (Phi) is 3.47. The molecule has 1 fully saturated rings. The molecule has 104 valence electrons. The molecule has 2 aromatic heterocycles. The molecular weight excluding hydrogens is 254 g/mol. The molecule has 1 aliphatic rings. The molecule has 1 aliphatic heterocycles. The van der Waals surface area contributed by atoms with Gasteiger partial charge >= 0.3 is 6.03 Å². The maximum Gasteiger partial charge on any atom is 0.323 e. The quantitative estimate of drug-likeness (QED) is 0.852. The molecule has 0 bridgehead atoms. The van der Waals surface area contributed by atoms with E-state index in [0.29, 0.717) is 5.82 Å². The molecule has 1 saturated heterocycles. The number of pyridine rings is 2. The van der Waals surface area contributed by atoms with Gasteiger partial charge in [0, 0.05) is 44.0 Å². The van der Waals surface area contributed by atoms with Crippen molar-refractivity contribution in [1.82, 2.24) is 19.8 Å². The van der Waals surface area contributed by atoms with Crippen molar-refractivity contribution in [2.75, 3.05) is 38.5 Å². The van der Waals surface area contributed by atoms with Crippen LogP contribution in [0.2, 0.25) is 0 Å². The Hall–Kier alpha value is -2.21. The minimum atomic E-state index is -0.0843. The largest absolute Gasteiger partial charge is 0.323 e. The highest BCUT2D eigenvalue weighted by Crippen LogP contribution is 2.14. The van der Waals surface area contributed by atoms with Gasteiger partial charge in [-0.2, -0.15) is 0 Å². The van der Waals surface area contributed by atoms with Crippen LogP contribution in [0.4, 0.5) is 10.6 Å². The maximum atomic E-state index is 12.2. The number of fused-ring (bicyclic) bond motifs is 1. The Bertz CT molecular complexity index is 622. The number of hydrogen-bond donors (Lipinski definition) is 1. The second-order valence-electron chi connectivity index (χ2n) is 4.99. The molecule has 0 saturated carbocycles. The van der Waals surface area contributed by atoms with Gasteiger partial charge in [0.25, 0.3) is 0 Å². The van der Waals surface area contributed by atoms with Crippen LogP contribution in [-0.4, -0.2) is 59.0 Å². The Labute approximate surface area is 117 Å². The summed E-state index contributed by atoms with van der Waals surface area (Å²) in [6.07, 6.45) is 3.45. The smallest absolute Gasteiger partial charge is 0.322 e. The third-order valence-electron chi connectivity index (χ3n) is 3.52. The Morgan fingerprint density at radius 2 is 2.00 bits per heavy atom. The zero-order chi connectivity index (χ0) is 13.9. The molecule has 6 heteroatoms. The number of urea groups is 1. The summed E-state index contributed by atoms with van der Waals surface area (Å²) >= 11 is 0. The first-order valence-corrected chi connectivity index (χ1v) is 6.67. The molecule has 0 aromatic carbocycles. The predicted octanol–water partition coefficient (Wildman–Crippen LogP) is 1.41. The summed E-state index contributed by atoms with van der Waals surface area (Å²) in [5.74, 6) is 0.577. The van der Waals surface area contributed by atoms with Crippen LogP contribution in [0.15, 0.2) is 30.6 Å². The van der Waals surface area contributed by atoms with Gasteiger partial charge < -0.3 is 9.80 Å². The molecule has 3 rings (SSSR count). The van der Waals surface area contributed by atoms with Crippen molar-refractivity contribution in [2.24, 2.45) is 0 Å². The van der Waals surface area contributed by atoms with Crippen molar-refractivity contribution < 1.29 is 4.79 Å². The van der Waals surface area contributed by atoms with Gasteiger partial charge in [-0.1, -0.05) is 0 Å². The number of hydrogen-bond acceptors (Lipinski definition) is 4. The van der Waals surface area contributed by atoms with Gasteiger partial charge in [0.05, 0.1) is 5.52 Å². The minimum Gasteiger partial charge on any atom is -0.322 e. The molecule has 0 unspecified atom stereocenters. The number of amides is 2. The number of piperazine rings is 1. The van der Waals surface area contributed by atoms with Crippen LogP contribution in [0.1, 0.15) is 0 Å². The van der Waals surface area contributed by atoms with Crippen molar-refractivity contribution in [2.45, 2.75) is 0 Å². The topological polar surface area (TPSA) is 61.4 Å². The van der Waals surface area contributed by atoms with E-state index in [1.807, 2.05) is 17.0 Å². The van der Waals surface area contributed by atoms with Gasteiger partial charge in [-0.15, -0.1) is 0 Å². The molecule has 3 heterocycles. The summed E-state index contributed by atoms with van der Waals surface area (Å²) in [5, 5.41) is 3.82. The molecule has 2 aromatic rings. The normalized spacial score (nSPS) is 16.4. The van der Waals surface area contributed by atoms with Crippen molar-refractivity contribution >= 4 is 22.8 Å². The number of nitrogens with zero attached hydrogens (tertiary/aromatic N) is 4. The number of aromatic nitrogens is 2. The first kappa shape index (κ1) is 12.8. The summed E-state index contributed by atoms with van der Waals surface area (Å²) in [5.41, 5.74) is 0.830. The van der Waals surface area contributed by atoms with Gasteiger partial charge in [-0.3, -0.25) is 10.3 Å². The SMILES string of the molecule is CN1CCN(C(=O)Nc2ccc3cnccc3n2)CC1. The second-order valence-corrected chi connectivity index (χ2v) is 4.99. The van der Waals surface area contributed by atoms with E-state index in [1.54, 1.807) is 18.5 Å². The molecule has 0 radical (unpaired) electrons. The van der Waals surface area contributed by atoms with Crippen LogP contribution >= 0.6 is 0 Å². The molecule has 0 atom stereocenters. The zero-order valence-electron chi connectivity index (χ0n) is 11.4. The highest BCUT2D eigenvalue weighted by atomic mass is 16.2. The van der Waals surface area contributed by atoms with Crippen molar-refractivity contribution in [1.29, 1.82) is 0 Å². The number of rotatable bonds is 1. The van der Waals surface area contributed by atoms with E-state index in [4.69, 9.17) is 0 Å². The van der Waals surface area contributed by atoms with Crippen LogP contribution in [0.5, 0.6) is 0 Å². The third kappa shape index (κ3) is 2.70. The van der Waals surface area contributed by atoms with E-state index in [1.165, 1.54) is 0 Å². The van der Waals surface area contributed by atoms with Gasteiger partial charge in [-0.25, -0.2) is 9.78 Å². The first-order chi connectivity index (χ1) is 9.72. The fraction of sp³-hybridized carbons (Fsp3) is 0.357. The Morgan fingerprint density at radius 3 is 2.80 bits per heavy atom. The zero-order valence-corrected chi connectivity index (χ0v) is 11.4. The van der Waals surface area contributed by atoms with E-state index in [0.717, 1.165) is 37.1 Å². The fourth-order valence-electron chi connectivity index (χ4n) is 2.23. The van der Waals surface area contributed by atoms with Crippen molar-refractivity contribution in [3.63, 3.8) is 0 Å². The summed E-state index contributed by atoms with van der Waals surface area (Å²) in [6.45, 7) is 3.31. The van der Waals surface area contributed by atoms with Crippen molar-refractivity contribution in [3.8, 4) is 0 Å². The van der Waals surface area contributed by atoms with Gasteiger partial charge in [0.2, 0.25) is 0 Å². The summed E-state index contributed by atoms with van der Waals surface area (Å²) in [7, 11) is 2.06. The van der Waals surface area contributed by atoms with E-state index < -0.39 is 0 Å². The highest BCUT2D eigenvalue weighted by Gasteiger charge is 2.19. The molecule has 1 N–H and O–H groups in total. The van der Waals surface area contributed by atoms with Gasteiger partial charge in [-0.05, 0) is 25.2 Å². The molecular formula is C14H17N5O. The molecule has 20 heavy (non-hydrogen) atoms. The Balaban J connectivity index is 1.71.